The Kier molecular flexibility index (Phi) is 5.55. The minimum atomic E-state index is -0.317. The molecule has 1 aliphatic rings. The van der Waals surface area contributed by atoms with Crippen molar-refractivity contribution < 1.29 is 9.59 Å². The van der Waals surface area contributed by atoms with E-state index in [1.807, 2.05) is 24.8 Å². The van der Waals surface area contributed by atoms with Gasteiger partial charge in [0.15, 0.2) is 0 Å². The molecule has 0 spiro atoms. The second-order valence-electron chi connectivity index (χ2n) is 6.21. The number of piperidine rings is 1. The fraction of sp³-hybridized carbons (Fsp3) is 0.529. The number of carbonyl (C=O) groups excluding carboxylic acids is 2. The Balaban J connectivity index is 1.88. The molecule has 1 fully saturated rings. The van der Waals surface area contributed by atoms with Crippen LogP contribution in [0.4, 0.5) is 0 Å². The van der Waals surface area contributed by atoms with E-state index in [9.17, 15) is 9.59 Å². The molecule has 2 amide bonds. The van der Waals surface area contributed by atoms with Crippen LogP contribution < -0.4 is 11.1 Å². The standard InChI is InChI=1S/C17H25N3O2/c1-12-5-6-13(2)14(8-12)9-17(22)19-15-4-3-7-20(10-15)11-16(18)21/h5-6,8,15H,3-4,7,9-11H2,1-2H3,(H2,18,21)(H,19,22)/t15-/m0/s1. The molecule has 5 nitrogen and oxygen atoms in total. The van der Waals surface area contributed by atoms with Crippen LogP contribution in [-0.4, -0.2) is 42.4 Å². The maximum absolute atomic E-state index is 12.3. The summed E-state index contributed by atoms with van der Waals surface area (Å²) in [6.07, 6.45) is 2.33. The lowest BCUT2D eigenvalue weighted by Gasteiger charge is -2.32. The van der Waals surface area contributed by atoms with Crippen molar-refractivity contribution in [3.05, 3.63) is 34.9 Å². The van der Waals surface area contributed by atoms with Gasteiger partial charge in [0.2, 0.25) is 11.8 Å². The van der Waals surface area contributed by atoms with Gasteiger partial charge in [-0.3, -0.25) is 14.5 Å². The Morgan fingerprint density at radius 1 is 1.36 bits per heavy atom. The zero-order chi connectivity index (χ0) is 16.1. The summed E-state index contributed by atoms with van der Waals surface area (Å²) >= 11 is 0. The van der Waals surface area contributed by atoms with Crippen molar-refractivity contribution in [3.8, 4) is 0 Å². The second kappa shape index (κ2) is 7.40. The summed E-state index contributed by atoms with van der Waals surface area (Å²) in [6.45, 7) is 5.89. The third-order valence-electron chi connectivity index (χ3n) is 4.11. The lowest BCUT2D eigenvalue weighted by atomic mass is 10.0. The van der Waals surface area contributed by atoms with Crippen LogP contribution in [0.15, 0.2) is 18.2 Å². The van der Waals surface area contributed by atoms with Gasteiger partial charge in [-0.15, -0.1) is 0 Å². The number of nitrogens with zero attached hydrogens (tertiary/aromatic N) is 1. The van der Waals surface area contributed by atoms with Crippen molar-refractivity contribution in [1.29, 1.82) is 0 Å². The van der Waals surface area contributed by atoms with Crippen LogP contribution in [0.5, 0.6) is 0 Å². The summed E-state index contributed by atoms with van der Waals surface area (Å²) in [5, 5.41) is 3.08. The minimum absolute atomic E-state index is 0.0413. The fourth-order valence-electron chi connectivity index (χ4n) is 2.98. The lowest BCUT2D eigenvalue weighted by molar-refractivity contribution is -0.121. The summed E-state index contributed by atoms with van der Waals surface area (Å²) in [6, 6.07) is 6.27. The maximum Gasteiger partial charge on any atom is 0.231 e. The molecule has 1 heterocycles. The third kappa shape index (κ3) is 4.84. The molecule has 0 aliphatic carbocycles. The van der Waals surface area contributed by atoms with Gasteiger partial charge >= 0.3 is 0 Å². The van der Waals surface area contributed by atoms with Gasteiger partial charge < -0.3 is 11.1 Å². The second-order valence-corrected chi connectivity index (χ2v) is 6.21. The molecule has 3 N–H and O–H groups in total. The first-order valence-electron chi connectivity index (χ1n) is 7.80. The van der Waals surface area contributed by atoms with Gasteiger partial charge in [-0.1, -0.05) is 23.8 Å². The molecule has 5 heteroatoms. The highest BCUT2D eigenvalue weighted by Crippen LogP contribution is 2.13. The van der Waals surface area contributed by atoms with Crippen LogP contribution in [0.25, 0.3) is 0 Å². The number of carbonyl (C=O) groups is 2. The van der Waals surface area contributed by atoms with E-state index in [0.29, 0.717) is 13.0 Å². The van der Waals surface area contributed by atoms with E-state index in [1.54, 1.807) is 0 Å². The van der Waals surface area contributed by atoms with Crippen LogP contribution >= 0.6 is 0 Å². The smallest absolute Gasteiger partial charge is 0.231 e. The average molecular weight is 303 g/mol. The number of aryl methyl sites for hydroxylation is 2. The highest BCUT2D eigenvalue weighted by molar-refractivity contribution is 5.79. The van der Waals surface area contributed by atoms with E-state index < -0.39 is 0 Å². The van der Waals surface area contributed by atoms with Crippen LogP contribution in [-0.2, 0) is 16.0 Å². The topological polar surface area (TPSA) is 75.4 Å². The molecular formula is C17H25N3O2. The summed E-state index contributed by atoms with van der Waals surface area (Å²) in [5.41, 5.74) is 8.61. The summed E-state index contributed by atoms with van der Waals surface area (Å²) in [4.78, 5) is 25.3. The quantitative estimate of drug-likeness (QED) is 0.849. The van der Waals surface area contributed by atoms with Crippen molar-refractivity contribution in [3.63, 3.8) is 0 Å². The monoisotopic (exact) mass is 303 g/mol. The number of nitrogens with two attached hydrogens (primary N) is 1. The van der Waals surface area contributed by atoms with Gasteiger partial charge in [-0.2, -0.15) is 0 Å². The van der Waals surface area contributed by atoms with Crippen molar-refractivity contribution >= 4 is 11.8 Å². The average Bonchev–Trinajstić information content (AvgIpc) is 2.42. The van der Waals surface area contributed by atoms with Gasteiger partial charge in [0.1, 0.15) is 0 Å². The van der Waals surface area contributed by atoms with Crippen molar-refractivity contribution in [1.82, 2.24) is 10.2 Å². The number of hydrogen-bond donors (Lipinski definition) is 2. The molecule has 0 radical (unpaired) electrons. The molecule has 120 valence electrons. The first-order chi connectivity index (χ1) is 10.4. The van der Waals surface area contributed by atoms with Gasteiger partial charge in [-0.05, 0) is 44.4 Å². The molecule has 0 unspecified atom stereocenters. The SMILES string of the molecule is Cc1ccc(C)c(CC(=O)N[C@H]2CCCN(CC(N)=O)C2)c1. The number of benzene rings is 1. The van der Waals surface area contributed by atoms with E-state index in [0.717, 1.165) is 30.5 Å². The Bertz CT molecular complexity index is 557. The van der Waals surface area contributed by atoms with Crippen LogP contribution in [0.3, 0.4) is 0 Å². The molecule has 22 heavy (non-hydrogen) atoms. The Hall–Kier alpha value is -1.88. The normalized spacial score (nSPS) is 18.9. The fourth-order valence-corrected chi connectivity index (χ4v) is 2.98. The first kappa shape index (κ1) is 16.5. The zero-order valence-corrected chi connectivity index (χ0v) is 13.4. The Morgan fingerprint density at radius 3 is 2.86 bits per heavy atom. The van der Waals surface area contributed by atoms with Crippen molar-refractivity contribution in [2.75, 3.05) is 19.6 Å². The number of likely N-dealkylation sites (tertiary alicyclic amines) is 1. The van der Waals surface area contributed by atoms with E-state index in [2.05, 4.69) is 17.4 Å². The largest absolute Gasteiger partial charge is 0.369 e. The molecule has 1 saturated heterocycles. The molecule has 1 aliphatic heterocycles. The van der Waals surface area contributed by atoms with E-state index in [4.69, 9.17) is 5.73 Å². The van der Waals surface area contributed by atoms with Crippen molar-refractivity contribution in [2.24, 2.45) is 5.73 Å². The summed E-state index contributed by atoms with van der Waals surface area (Å²) in [5.74, 6) is -0.276. The van der Waals surface area contributed by atoms with Crippen LogP contribution in [0.2, 0.25) is 0 Å². The van der Waals surface area contributed by atoms with Gasteiger partial charge in [-0.25, -0.2) is 0 Å². The van der Waals surface area contributed by atoms with E-state index >= 15 is 0 Å². The van der Waals surface area contributed by atoms with Gasteiger partial charge in [0, 0.05) is 12.6 Å². The molecular weight excluding hydrogens is 278 g/mol. The molecule has 1 aromatic carbocycles. The molecule has 2 rings (SSSR count). The summed E-state index contributed by atoms with van der Waals surface area (Å²) < 4.78 is 0. The predicted molar refractivity (Wildman–Crippen MR) is 86.4 cm³/mol. The maximum atomic E-state index is 12.3. The van der Waals surface area contributed by atoms with E-state index in [-0.39, 0.29) is 24.4 Å². The van der Waals surface area contributed by atoms with Gasteiger partial charge in [0.25, 0.3) is 0 Å². The summed E-state index contributed by atoms with van der Waals surface area (Å²) in [7, 11) is 0. The molecule has 0 saturated carbocycles. The van der Waals surface area contributed by atoms with E-state index in [1.165, 1.54) is 5.56 Å². The molecule has 0 aromatic heterocycles. The first-order valence-corrected chi connectivity index (χ1v) is 7.80. The number of primary amides is 1. The highest BCUT2D eigenvalue weighted by atomic mass is 16.2. The number of rotatable bonds is 5. The highest BCUT2D eigenvalue weighted by Gasteiger charge is 2.22. The Labute approximate surface area is 131 Å². The predicted octanol–water partition coefficient (Wildman–Crippen LogP) is 0.912. The number of amides is 2. The lowest BCUT2D eigenvalue weighted by Crippen LogP contribution is -2.50. The molecule has 0 bridgehead atoms. The molecule has 1 atom stereocenters. The van der Waals surface area contributed by atoms with Crippen LogP contribution in [0.1, 0.15) is 29.5 Å². The number of nitrogens with one attached hydrogen (secondary N) is 1. The van der Waals surface area contributed by atoms with Crippen LogP contribution in [0, 0.1) is 13.8 Å². The van der Waals surface area contributed by atoms with Crippen molar-refractivity contribution in [2.45, 2.75) is 39.2 Å². The van der Waals surface area contributed by atoms with Gasteiger partial charge in [0.05, 0.1) is 13.0 Å². The third-order valence-corrected chi connectivity index (χ3v) is 4.11. The molecule has 1 aromatic rings. The zero-order valence-electron chi connectivity index (χ0n) is 13.4. The Morgan fingerprint density at radius 2 is 2.14 bits per heavy atom. The minimum Gasteiger partial charge on any atom is -0.369 e. The number of hydrogen-bond acceptors (Lipinski definition) is 3.